The van der Waals surface area contributed by atoms with Gasteiger partial charge in [0.15, 0.2) is 0 Å². The Labute approximate surface area is 153 Å². The Morgan fingerprint density at radius 3 is 2.68 bits per heavy atom. The normalized spacial score (nSPS) is 11.0. The van der Waals surface area contributed by atoms with Crippen LogP contribution < -0.4 is 5.32 Å². The lowest BCUT2D eigenvalue weighted by Gasteiger charge is -2.10. The average Bonchev–Trinajstić information content (AvgIpc) is 3.04. The quantitative estimate of drug-likeness (QED) is 0.451. The first-order valence-corrected chi connectivity index (χ1v) is 8.92. The fourth-order valence-electron chi connectivity index (χ4n) is 2.69. The minimum absolute atomic E-state index is 0.181. The lowest BCUT2D eigenvalue weighted by Crippen LogP contribution is -1.96. The highest BCUT2D eigenvalue weighted by atomic mass is 35.5. The smallest absolute Gasteiger partial charge is 0.143 e. The van der Waals surface area contributed by atoms with Gasteiger partial charge in [0.25, 0.3) is 0 Å². The van der Waals surface area contributed by atoms with Crippen LogP contribution in [-0.2, 0) is 0 Å². The zero-order valence-corrected chi connectivity index (χ0v) is 14.9. The van der Waals surface area contributed by atoms with Crippen LogP contribution in [0.5, 0.6) is 5.75 Å². The van der Waals surface area contributed by atoms with Crippen LogP contribution in [0.25, 0.3) is 21.3 Å². The summed E-state index contributed by atoms with van der Waals surface area (Å²) >= 11 is 7.56. The van der Waals surface area contributed by atoms with Gasteiger partial charge in [0, 0.05) is 16.0 Å². The minimum atomic E-state index is 0.181. The van der Waals surface area contributed by atoms with E-state index < -0.39 is 0 Å². The molecule has 0 aliphatic heterocycles. The Kier molecular flexibility index (Phi) is 4.03. The van der Waals surface area contributed by atoms with E-state index in [4.69, 9.17) is 11.6 Å². The molecule has 2 aromatic heterocycles. The third-order valence-electron chi connectivity index (χ3n) is 3.93. The standard InChI is InChI=1S/C19H14ClN3OS/c1-11-2-7-16(24)15(8-11)23-18-17-14(9-25-19(17)22-10-21-18)12-3-5-13(20)6-4-12/h2-10,24H,1H3,(H,21,22,23). The van der Waals surface area contributed by atoms with Crippen LogP contribution >= 0.6 is 22.9 Å². The molecule has 6 heteroatoms. The highest BCUT2D eigenvalue weighted by molar-refractivity contribution is 7.17. The van der Waals surface area contributed by atoms with E-state index in [1.807, 2.05) is 43.3 Å². The molecule has 2 N–H and O–H groups in total. The summed E-state index contributed by atoms with van der Waals surface area (Å²) in [6.45, 7) is 1.98. The number of aryl methyl sites for hydroxylation is 1. The summed E-state index contributed by atoms with van der Waals surface area (Å²) in [4.78, 5) is 9.65. The number of thiophene rings is 1. The zero-order valence-electron chi connectivity index (χ0n) is 13.3. The van der Waals surface area contributed by atoms with Crippen LogP contribution in [0.2, 0.25) is 5.02 Å². The maximum Gasteiger partial charge on any atom is 0.143 e. The Hall–Kier alpha value is -2.63. The largest absolute Gasteiger partial charge is 0.506 e. The summed E-state index contributed by atoms with van der Waals surface area (Å²) in [6.07, 6.45) is 1.53. The number of phenols is 1. The van der Waals surface area contributed by atoms with Crippen LogP contribution in [0.3, 0.4) is 0 Å². The van der Waals surface area contributed by atoms with Crippen LogP contribution in [0.4, 0.5) is 11.5 Å². The molecule has 0 aliphatic rings. The summed E-state index contributed by atoms with van der Waals surface area (Å²) in [6, 6.07) is 13.1. The number of nitrogens with zero attached hydrogens (tertiary/aromatic N) is 2. The fraction of sp³-hybridized carbons (Fsp3) is 0.0526. The molecule has 0 spiro atoms. The highest BCUT2D eigenvalue weighted by Crippen LogP contribution is 2.38. The molecule has 0 atom stereocenters. The minimum Gasteiger partial charge on any atom is -0.506 e. The third-order valence-corrected chi connectivity index (χ3v) is 5.07. The number of aromatic hydroxyl groups is 1. The number of nitrogens with one attached hydrogen (secondary N) is 1. The monoisotopic (exact) mass is 367 g/mol. The Balaban J connectivity index is 1.85. The molecular formula is C19H14ClN3OS. The Morgan fingerprint density at radius 2 is 1.88 bits per heavy atom. The molecule has 2 heterocycles. The van der Waals surface area contributed by atoms with Gasteiger partial charge in [-0.2, -0.15) is 0 Å². The molecule has 0 saturated heterocycles. The lowest BCUT2D eigenvalue weighted by molar-refractivity contribution is 0.477. The van der Waals surface area contributed by atoms with E-state index >= 15 is 0 Å². The molecule has 25 heavy (non-hydrogen) atoms. The van der Waals surface area contributed by atoms with Crippen molar-refractivity contribution in [3.63, 3.8) is 0 Å². The molecule has 0 fully saturated rings. The summed E-state index contributed by atoms with van der Waals surface area (Å²) in [5, 5.41) is 17.0. The Morgan fingerprint density at radius 1 is 1.08 bits per heavy atom. The van der Waals surface area contributed by atoms with Gasteiger partial charge >= 0.3 is 0 Å². The third kappa shape index (κ3) is 3.04. The van der Waals surface area contributed by atoms with Gasteiger partial charge in [0.1, 0.15) is 22.7 Å². The van der Waals surface area contributed by atoms with E-state index in [0.29, 0.717) is 16.5 Å². The maximum atomic E-state index is 10.1. The molecule has 4 rings (SSSR count). The van der Waals surface area contributed by atoms with Gasteiger partial charge in [-0.05, 0) is 42.3 Å². The van der Waals surface area contributed by atoms with Gasteiger partial charge in [-0.3, -0.25) is 0 Å². The lowest BCUT2D eigenvalue weighted by atomic mass is 10.1. The molecule has 124 valence electrons. The first kappa shape index (κ1) is 15.9. The predicted octanol–water partition coefficient (Wildman–Crippen LogP) is 5.77. The molecule has 0 radical (unpaired) electrons. The van der Waals surface area contributed by atoms with Crippen molar-refractivity contribution in [2.45, 2.75) is 6.92 Å². The topological polar surface area (TPSA) is 58.0 Å². The number of rotatable bonds is 3. The van der Waals surface area contributed by atoms with E-state index in [2.05, 4.69) is 20.7 Å². The first-order valence-electron chi connectivity index (χ1n) is 7.66. The van der Waals surface area contributed by atoms with E-state index in [1.165, 1.54) is 6.33 Å². The van der Waals surface area contributed by atoms with Crippen molar-refractivity contribution in [2.75, 3.05) is 5.32 Å². The number of fused-ring (bicyclic) bond motifs is 1. The number of benzene rings is 2. The maximum absolute atomic E-state index is 10.1. The highest BCUT2D eigenvalue weighted by Gasteiger charge is 2.14. The number of halogens is 1. The van der Waals surface area contributed by atoms with Crippen molar-refractivity contribution < 1.29 is 5.11 Å². The molecule has 0 unspecified atom stereocenters. The van der Waals surface area contributed by atoms with E-state index in [1.54, 1.807) is 17.4 Å². The number of hydrogen-bond acceptors (Lipinski definition) is 5. The average molecular weight is 368 g/mol. The fourth-order valence-corrected chi connectivity index (χ4v) is 3.73. The zero-order chi connectivity index (χ0) is 17.4. The SMILES string of the molecule is Cc1ccc(O)c(Nc2ncnc3scc(-c4ccc(Cl)cc4)c23)c1. The van der Waals surface area contributed by atoms with Gasteiger partial charge in [-0.25, -0.2) is 9.97 Å². The van der Waals surface area contributed by atoms with Crippen molar-refractivity contribution in [3.8, 4) is 16.9 Å². The molecular weight excluding hydrogens is 354 g/mol. The van der Waals surface area contributed by atoms with Crippen LogP contribution in [0.15, 0.2) is 54.2 Å². The van der Waals surface area contributed by atoms with E-state index in [-0.39, 0.29) is 5.75 Å². The molecule has 0 amide bonds. The summed E-state index contributed by atoms with van der Waals surface area (Å²) < 4.78 is 0. The van der Waals surface area contributed by atoms with Crippen LogP contribution in [0, 0.1) is 6.92 Å². The van der Waals surface area contributed by atoms with Crippen molar-refractivity contribution in [1.29, 1.82) is 0 Å². The summed E-state index contributed by atoms with van der Waals surface area (Å²) in [5.41, 5.74) is 3.75. The molecule has 4 aromatic rings. The Bertz CT molecular complexity index is 1060. The van der Waals surface area contributed by atoms with Crippen LogP contribution in [-0.4, -0.2) is 15.1 Å². The molecule has 2 aromatic carbocycles. The van der Waals surface area contributed by atoms with Crippen molar-refractivity contribution in [2.24, 2.45) is 0 Å². The second-order valence-electron chi connectivity index (χ2n) is 5.70. The first-order chi connectivity index (χ1) is 12.1. The van der Waals surface area contributed by atoms with Gasteiger partial charge in [-0.15, -0.1) is 11.3 Å². The predicted molar refractivity (Wildman–Crippen MR) is 104 cm³/mol. The number of anilines is 2. The number of aromatic nitrogens is 2. The van der Waals surface area contributed by atoms with Gasteiger partial charge in [0.05, 0.1) is 11.1 Å². The summed E-state index contributed by atoms with van der Waals surface area (Å²) in [7, 11) is 0. The molecule has 4 nitrogen and oxygen atoms in total. The van der Waals surface area contributed by atoms with Crippen molar-refractivity contribution in [1.82, 2.24) is 9.97 Å². The van der Waals surface area contributed by atoms with Gasteiger partial charge in [0.2, 0.25) is 0 Å². The van der Waals surface area contributed by atoms with Gasteiger partial charge < -0.3 is 10.4 Å². The number of hydrogen-bond donors (Lipinski definition) is 2. The van der Waals surface area contributed by atoms with E-state index in [9.17, 15) is 5.11 Å². The second kappa shape index (κ2) is 6.35. The van der Waals surface area contributed by atoms with Gasteiger partial charge in [-0.1, -0.05) is 29.8 Å². The second-order valence-corrected chi connectivity index (χ2v) is 7.00. The summed E-state index contributed by atoms with van der Waals surface area (Å²) in [5.74, 6) is 0.845. The molecule has 0 saturated carbocycles. The number of phenolic OH excluding ortho intramolecular Hbond substituents is 1. The molecule has 0 aliphatic carbocycles. The molecule has 0 bridgehead atoms. The van der Waals surface area contributed by atoms with E-state index in [0.717, 1.165) is 26.9 Å². The van der Waals surface area contributed by atoms with Crippen LogP contribution in [0.1, 0.15) is 5.56 Å². The van der Waals surface area contributed by atoms with Crippen molar-refractivity contribution in [3.05, 3.63) is 64.8 Å². The van der Waals surface area contributed by atoms with Crippen molar-refractivity contribution >= 4 is 44.7 Å².